The second-order valence-electron chi connectivity index (χ2n) is 3.79. The van der Waals surface area contributed by atoms with Crippen LogP contribution in [0.1, 0.15) is 11.1 Å². The smallest absolute Gasteiger partial charge is 0.155 e. The first kappa shape index (κ1) is 16.7. The van der Waals surface area contributed by atoms with Crippen molar-refractivity contribution in [1.29, 1.82) is 5.41 Å². The zero-order chi connectivity index (χ0) is 15.2. The molecule has 110 valence electrons. The summed E-state index contributed by atoms with van der Waals surface area (Å²) in [6.45, 7) is 0.697. The van der Waals surface area contributed by atoms with Crippen molar-refractivity contribution >= 4 is 74.7 Å². The molecule has 1 N–H and O–H groups in total. The predicted octanol–water partition coefficient (Wildman–Crippen LogP) is 5.32. The molecule has 8 heteroatoms. The molecule has 0 atom stereocenters. The van der Waals surface area contributed by atoms with Crippen LogP contribution < -0.4 is 0 Å². The van der Waals surface area contributed by atoms with Crippen molar-refractivity contribution in [3.8, 4) is 0 Å². The number of halogens is 2. The number of hydrogen-bond acceptors (Lipinski definition) is 6. The third-order valence-corrected chi connectivity index (χ3v) is 5.22. The van der Waals surface area contributed by atoms with Crippen molar-refractivity contribution in [1.82, 2.24) is 0 Å². The van der Waals surface area contributed by atoms with Crippen molar-refractivity contribution in [2.75, 3.05) is 12.8 Å². The van der Waals surface area contributed by atoms with Gasteiger partial charge in [-0.05, 0) is 18.4 Å². The van der Waals surface area contributed by atoms with Crippen molar-refractivity contribution in [3.05, 3.63) is 42.7 Å². The molecular weight excluding hydrogens is 365 g/mol. The molecule has 3 heterocycles. The van der Waals surface area contributed by atoms with Gasteiger partial charge in [0, 0.05) is 28.1 Å². The third-order valence-electron chi connectivity index (χ3n) is 2.40. The lowest BCUT2D eigenvalue weighted by Crippen LogP contribution is -1.88. The maximum atomic E-state index is 7.40. The van der Waals surface area contributed by atoms with Crippen molar-refractivity contribution < 1.29 is 0 Å². The van der Waals surface area contributed by atoms with E-state index in [1.165, 1.54) is 34.4 Å². The van der Waals surface area contributed by atoms with E-state index in [1.807, 2.05) is 29.1 Å². The zero-order valence-corrected chi connectivity index (χ0v) is 14.9. The average Bonchev–Trinajstić information content (AvgIpc) is 3.19. The van der Waals surface area contributed by atoms with E-state index < -0.39 is 0 Å². The Morgan fingerprint density at radius 3 is 2.43 bits per heavy atom. The molecule has 1 aliphatic heterocycles. The second kappa shape index (κ2) is 8.10. The SMILES string of the molecule is CSC(=N)c1csc(Cl)c1.Clc1cc(C2=NCC=N2)cs1. The van der Waals surface area contributed by atoms with Crippen LogP contribution >= 0.6 is 57.6 Å². The van der Waals surface area contributed by atoms with Crippen LogP contribution in [0.3, 0.4) is 0 Å². The third kappa shape index (κ3) is 4.93. The van der Waals surface area contributed by atoms with Gasteiger partial charge in [-0.2, -0.15) is 0 Å². The van der Waals surface area contributed by atoms with Crippen LogP contribution in [0.15, 0.2) is 32.9 Å². The summed E-state index contributed by atoms with van der Waals surface area (Å²) in [5.41, 5.74) is 1.94. The van der Waals surface area contributed by atoms with Gasteiger partial charge in [-0.1, -0.05) is 23.2 Å². The Balaban J connectivity index is 0.000000155. The molecular formula is C13H11Cl2N3S3. The molecule has 0 fully saturated rings. The molecule has 0 aromatic carbocycles. The first-order valence-corrected chi connectivity index (χ1v) is 9.52. The van der Waals surface area contributed by atoms with E-state index in [9.17, 15) is 0 Å². The highest BCUT2D eigenvalue weighted by Crippen LogP contribution is 2.22. The number of nitrogens with one attached hydrogen (secondary N) is 1. The van der Waals surface area contributed by atoms with E-state index in [-0.39, 0.29) is 0 Å². The molecule has 3 nitrogen and oxygen atoms in total. The number of thioether (sulfide) groups is 1. The summed E-state index contributed by atoms with van der Waals surface area (Å²) in [7, 11) is 0. The standard InChI is InChI=1S/C7H5ClN2S.C6H6ClNS2/c8-6-3-5(4-11-6)7-9-1-2-10-7;1-9-6(8)4-2-5(7)10-3-4/h1,3-4H,2H2;2-3,8H,1H3. The maximum absolute atomic E-state index is 7.40. The van der Waals surface area contributed by atoms with E-state index in [0.717, 1.165) is 25.6 Å². The van der Waals surface area contributed by atoms with Gasteiger partial charge in [-0.25, -0.2) is 4.99 Å². The lowest BCUT2D eigenvalue weighted by Gasteiger charge is -1.91. The largest absolute Gasteiger partial charge is 0.293 e. The van der Waals surface area contributed by atoms with Gasteiger partial charge in [0.05, 0.1) is 20.3 Å². The molecule has 0 unspecified atom stereocenters. The number of hydrogen-bond donors (Lipinski definition) is 1. The van der Waals surface area contributed by atoms with Gasteiger partial charge in [-0.3, -0.25) is 10.4 Å². The fourth-order valence-corrected chi connectivity index (χ4v) is 3.59. The second-order valence-corrected chi connectivity index (χ2v) is 7.69. The van der Waals surface area contributed by atoms with Gasteiger partial charge in [0.1, 0.15) is 0 Å². The fraction of sp³-hybridized carbons (Fsp3) is 0.154. The van der Waals surface area contributed by atoms with Crippen LogP contribution in [-0.2, 0) is 0 Å². The highest BCUT2D eigenvalue weighted by Gasteiger charge is 2.06. The van der Waals surface area contributed by atoms with E-state index >= 15 is 0 Å². The Morgan fingerprint density at radius 1 is 1.24 bits per heavy atom. The van der Waals surface area contributed by atoms with Gasteiger partial charge >= 0.3 is 0 Å². The van der Waals surface area contributed by atoms with Gasteiger partial charge in [0.2, 0.25) is 0 Å². The lowest BCUT2D eigenvalue weighted by molar-refractivity contribution is 1.36. The zero-order valence-electron chi connectivity index (χ0n) is 11.0. The van der Waals surface area contributed by atoms with E-state index in [2.05, 4.69) is 9.98 Å². The van der Waals surface area contributed by atoms with Crippen LogP contribution in [0, 0.1) is 5.41 Å². The highest BCUT2D eigenvalue weighted by molar-refractivity contribution is 8.13. The Labute approximate surface area is 145 Å². The number of amidine groups is 1. The monoisotopic (exact) mass is 375 g/mol. The Kier molecular flexibility index (Phi) is 6.44. The first-order chi connectivity index (χ1) is 10.1. The first-order valence-electron chi connectivity index (χ1n) is 5.78. The van der Waals surface area contributed by atoms with Gasteiger partial charge in [0.25, 0.3) is 0 Å². The number of nitrogens with zero attached hydrogens (tertiary/aromatic N) is 2. The molecule has 2 aromatic rings. The minimum atomic E-state index is 0.572. The van der Waals surface area contributed by atoms with Crippen molar-refractivity contribution in [2.24, 2.45) is 9.98 Å². The van der Waals surface area contributed by atoms with Gasteiger partial charge < -0.3 is 0 Å². The minimum absolute atomic E-state index is 0.572. The molecule has 21 heavy (non-hydrogen) atoms. The Hall–Kier alpha value is -0.660. The molecule has 3 rings (SSSR count). The summed E-state index contributed by atoms with van der Waals surface area (Å²) >= 11 is 15.8. The van der Waals surface area contributed by atoms with Crippen LogP contribution in [0.25, 0.3) is 0 Å². The lowest BCUT2D eigenvalue weighted by atomic mass is 10.3. The predicted molar refractivity (Wildman–Crippen MR) is 98.9 cm³/mol. The highest BCUT2D eigenvalue weighted by atomic mass is 35.5. The molecule has 1 aliphatic rings. The number of thiophene rings is 2. The molecule has 2 aromatic heterocycles. The number of aliphatic imine (C=N–C) groups is 2. The Bertz CT molecular complexity index is 688. The molecule has 0 aliphatic carbocycles. The summed E-state index contributed by atoms with van der Waals surface area (Å²) in [6, 6.07) is 3.69. The maximum Gasteiger partial charge on any atom is 0.155 e. The summed E-state index contributed by atoms with van der Waals surface area (Å²) < 4.78 is 1.53. The number of rotatable bonds is 2. The van der Waals surface area contributed by atoms with E-state index in [4.69, 9.17) is 28.6 Å². The van der Waals surface area contributed by atoms with Crippen LogP contribution in [0.5, 0.6) is 0 Å². The Morgan fingerprint density at radius 2 is 1.95 bits per heavy atom. The summed E-state index contributed by atoms with van der Waals surface area (Å²) in [5, 5.41) is 11.8. The van der Waals surface area contributed by atoms with Crippen LogP contribution in [-0.4, -0.2) is 29.9 Å². The molecule has 0 saturated carbocycles. The molecule has 0 radical (unpaired) electrons. The summed E-state index contributed by atoms with van der Waals surface area (Å²) in [5.74, 6) is 0.799. The van der Waals surface area contributed by atoms with Gasteiger partial charge in [-0.15, -0.1) is 34.4 Å². The molecule has 0 amide bonds. The van der Waals surface area contributed by atoms with Crippen molar-refractivity contribution in [3.63, 3.8) is 0 Å². The molecule has 0 bridgehead atoms. The summed E-state index contributed by atoms with van der Waals surface area (Å²) in [4.78, 5) is 8.25. The average molecular weight is 376 g/mol. The van der Waals surface area contributed by atoms with E-state index in [0.29, 0.717) is 11.6 Å². The minimum Gasteiger partial charge on any atom is -0.293 e. The normalized spacial score (nSPS) is 12.8. The fourth-order valence-electron chi connectivity index (χ4n) is 1.44. The molecule has 0 spiro atoms. The quantitative estimate of drug-likeness (QED) is 0.559. The summed E-state index contributed by atoms with van der Waals surface area (Å²) in [6.07, 6.45) is 3.68. The van der Waals surface area contributed by atoms with Gasteiger partial charge in [0.15, 0.2) is 5.84 Å². The topological polar surface area (TPSA) is 48.6 Å². The van der Waals surface area contributed by atoms with Crippen LogP contribution in [0.4, 0.5) is 0 Å². The van der Waals surface area contributed by atoms with Crippen molar-refractivity contribution in [2.45, 2.75) is 0 Å². The van der Waals surface area contributed by atoms with E-state index in [1.54, 1.807) is 6.21 Å². The molecule has 0 saturated heterocycles. The van der Waals surface area contributed by atoms with Crippen LogP contribution in [0.2, 0.25) is 8.67 Å².